The van der Waals surface area contributed by atoms with Crippen molar-refractivity contribution in [2.24, 2.45) is 0 Å². The van der Waals surface area contributed by atoms with Crippen molar-refractivity contribution in [1.29, 1.82) is 0 Å². The lowest BCUT2D eigenvalue weighted by atomic mass is 10.1. The van der Waals surface area contributed by atoms with Crippen molar-refractivity contribution in [2.45, 2.75) is 6.10 Å². The summed E-state index contributed by atoms with van der Waals surface area (Å²) in [7, 11) is -7.76. The summed E-state index contributed by atoms with van der Waals surface area (Å²) in [6, 6.07) is 4.39. The molecule has 1 heterocycles. The van der Waals surface area contributed by atoms with Crippen LogP contribution in [0.2, 0.25) is 0 Å². The number of fused-ring (bicyclic) bond motifs is 1. The van der Waals surface area contributed by atoms with Crippen LogP contribution in [0.1, 0.15) is 11.7 Å². The maximum absolute atomic E-state index is 11.4. The van der Waals surface area contributed by atoms with E-state index in [1.54, 1.807) is 0 Å². The van der Waals surface area contributed by atoms with Crippen molar-refractivity contribution in [3.05, 3.63) is 27.5 Å². The van der Waals surface area contributed by atoms with Crippen LogP contribution in [0.5, 0.6) is 0 Å². The number of carbonyl (C=O) groups is 1. The van der Waals surface area contributed by atoms with Crippen molar-refractivity contribution in [3.8, 4) is 0 Å². The van der Waals surface area contributed by atoms with Gasteiger partial charge >= 0.3 is 6.09 Å². The molecule has 0 amide bonds. The Hall–Kier alpha value is -1.29. The molecule has 1 aromatic carbocycles. The zero-order valence-corrected chi connectivity index (χ0v) is 16.7. The van der Waals surface area contributed by atoms with E-state index in [1.807, 2.05) is 22.6 Å². The Balaban J connectivity index is 2.52. The third kappa shape index (κ3) is 5.34. The van der Waals surface area contributed by atoms with E-state index < -0.39 is 39.0 Å². The highest BCUT2D eigenvalue weighted by molar-refractivity contribution is 14.1. The monoisotopic (exact) mass is 504 g/mol. The van der Waals surface area contributed by atoms with Gasteiger partial charge < -0.3 is 5.11 Å². The zero-order valence-electron chi connectivity index (χ0n) is 12.9. The Bertz CT molecular complexity index is 1030. The minimum Gasteiger partial charge on any atom is -0.463 e. The topological polar surface area (TPSA) is 142 Å². The molecular weight excluding hydrogens is 491 g/mol. The maximum atomic E-state index is 11.4. The van der Waals surface area contributed by atoms with Gasteiger partial charge in [-0.15, -0.1) is 0 Å². The normalized spacial score (nSPS) is 13.9. The van der Waals surface area contributed by atoms with Crippen molar-refractivity contribution in [3.63, 3.8) is 0 Å². The van der Waals surface area contributed by atoms with Crippen molar-refractivity contribution >= 4 is 59.8 Å². The van der Waals surface area contributed by atoms with Crippen LogP contribution >= 0.6 is 22.6 Å². The molecule has 0 aliphatic rings. The van der Waals surface area contributed by atoms with E-state index in [-0.39, 0.29) is 11.1 Å². The first-order chi connectivity index (χ1) is 11.4. The molecule has 0 saturated heterocycles. The third-order valence-electron chi connectivity index (χ3n) is 2.94. The van der Waals surface area contributed by atoms with Crippen molar-refractivity contribution < 1.29 is 35.1 Å². The fraction of sp³-hybridized carbons (Fsp3) is 0.333. The molecule has 0 bridgehead atoms. The van der Waals surface area contributed by atoms with Gasteiger partial charge in [0.15, 0.2) is 0 Å². The molecule has 1 atom stereocenters. The lowest BCUT2D eigenvalue weighted by Gasteiger charge is -2.16. The Morgan fingerprint density at radius 3 is 2.44 bits per heavy atom. The largest absolute Gasteiger partial charge is 0.463 e. The molecule has 13 heteroatoms. The summed E-state index contributed by atoms with van der Waals surface area (Å²) < 4.78 is 55.9. The average Bonchev–Trinajstić information content (AvgIpc) is 2.78. The number of hydrogen-bond donors (Lipinski definition) is 1. The molecule has 0 fully saturated rings. The van der Waals surface area contributed by atoms with Gasteiger partial charge in [-0.25, -0.2) is 4.79 Å². The van der Waals surface area contributed by atoms with Gasteiger partial charge in [0.2, 0.25) is 0 Å². The quantitative estimate of drug-likeness (QED) is 0.453. The predicted molar refractivity (Wildman–Crippen MR) is 95.3 cm³/mol. The van der Waals surface area contributed by atoms with Gasteiger partial charge in [-0.05, 0) is 40.3 Å². The molecule has 138 valence electrons. The van der Waals surface area contributed by atoms with Crippen molar-refractivity contribution in [1.82, 2.24) is 9.78 Å². The van der Waals surface area contributed by atoms with E-state index in [4.69, 9.17) is 4.18 Å². The fourth-order valence-electron chi connectivity index (χ4n) is 2.02. The lowest BCUT2D eigenvalue weighted by Crippen LogP contribution is -2.18. The van der Waals surface area contributed by atoms with Crippen LogP contribution in [0, 0.1) is 3.70 Å². The molecule has 1 unspecified atom stereocenters. The molecule has 0 aliphatic carbocycles. The summed E-state index contributed by atoms with van der Waals surface area (Å²) in [6.07, 6.45) is -0.971. The summed E-state index contributed by atoms with van der Waals surface area (Å²) in [6.45, 7) is -0.588. The van der Waals surface area contributed by atoms with Gasteiger partial charge in [-0.3, -0.25) is 8.37 Å². The SMILES string of the molecule is CS(=O)(=O)OCC(OS(C)(=O)=O)c1ccc2c(I)nn(C(=O)O)c2c1. The van der Waals surface area contributed by atoms with E-state index in [0.29, 0.717) is 9.09 Å². The van der Waals surface area contributed by atoms with Gasteiger partial charge in [0.05, 0.1) is 24.6 Å². The molecule has 1 aromatic heterocycles. The van der Waals surface area contributed by atoms with Crippen molar-refractivity contribution in [2.75, 3.05) is 19.1 Å². The molecule has 0 aliphatic heterocycles. The van der Waals surface area contributed by atoms with E-state index >= 15 is 0 Å². The van der Waals surface area contributed by atoms with Gasteiger partial charge in [0.1, 0.15) is 9.80 Å². The molecule has 0 spiro atoms. The molecule has 25 heavy (non-hydrogen) atoms. The Morgan fingerprint density at radius 1 is 1.28 bits per heavy atom. The predicted octanol–water partition coefficient (Wildman–Crippen LogP) is 1.16. The van der Waals surface area contributed by atoms with Crippen LogP contribution in [0.15, 0.2) is 18.2 Å². The summed E-state index contributed by atoms with van der Waals surface area (Å²) in [5.41, 5.74) is 0.427. The second-order valence-corrected chi connectivity index (χ2v) is 9.31. The molecule has 10 nitrogen and oxygen atoms in total. The van der Waals surface area contributed by atoms with Gasteiger partial charge in [0.25, 0.3) is 20.2 Å². The number of hydrogen-bond acceptors (Lipinski definition) is 8. The first-order valence-corrected chi connectivity index (χ1v) is 11.2. The number of nitrogens with zero attached hydrogens (tertiary/aromatic N) is 2. The molecule has 2 rings (SSSR count). The van der Waals surface area contributed by atoms with E-state index in [9.17, 15) is 26.7 Å². The summed E-state index contributed by atoms with van der Waals surface area (Å²) in [5, 5.41) is 13.6. The Kier molecular flexibility index (Phi) is 5.72. The van der Waals surface area contributed by atoms with E-state index in [2.05, 4.69) is 9.28 Å². The van der Waals surface area contributed by atoms with E-state index in [1.165, 1.54) is 18.2 Å². The summed E-state index contributed by atoms with van der Waals surface area (Å²) >= 11 is 1.86. The first kappa shape index (κ1) is 20.0. The number of rotatable bonds is 6. The minimum atomic E-state index is -3.93. The van der Waals surface area contributed by atoms with Crippen LogP contribution in [0.3, 0.4) is 0 Å². The highest BCUT2D eigenvalue weighted by Crippen LogP contribution is 2.27. The van der Waals surface area contributed by atoms with Gasteiger partial charge in [-0.1, -0.05) is 6.07 Å². The highest BCUT2D eigenvalue weighted by Gasteiger charge is 2.23. The van der Waals surface area contributed by atoms with Crippen LogP contribution < -0.4 is 0 Å². The second kappa shape index (κ2) is 7.14. The Morgan fingerprint density at radius 2 is 1.92 bits per heavy atom. The molecule has 0 radical (unpaired) electrons. The second-order valence-electron chi connectivity index (χ2n) is 5.04. The third-order valence-corrected chi connectivity index (χ3v) is 4.88. The maximum Gasteiger partial charge on any atom is 0.432 e. The number of carboxylic acid groups (broad SMARTS) is 1. The number of benzene rings is 1. The molecule has 0 saturated carbocycles. The Labute approximate surface area is 157 Å². The summed E-state index contributed by atoms with van der Waals surface area (Å²) in [5.74, 6) is 0. The lowest BCUT2D eigenvalue weighted by molar-refractivity contribution is 0.141. The first-order valence-electron chi connectivity index (χ1n) is 6.51. The van der Waals surface area contributed by atoms with Crippen LogP contribution in [0.4, 0.5) is 4.79 Å². The minimum absolute atomic E-state index is 0.204. The number of aromatic nitrogens is 2. The standard InChI is InChI=1S/C12H13IN2O8S2/c1-24(18,19)22-6-10(23-25(2,20)21)7-3-4-8-9(5-7)15(12(16)17)14-11(8)13/h3-5,10H,6H2,1-2H3,(H,16,17). The smallest absolute Gasteiger partial charge is 0.432 e. The zero-order chi connectivity index (χ0) is 19.0. The van der Waals surface area contributed by atoms with Crippen LogP contribution in [-0.4, -0.2) is 56.9 Å². The molecule has 1 N–H and O–H groups in total. The fourth-order valence-corrected chi connectivity index (χ4v) is 3.65. The summed E-state index contributed by atoms with van der Waals surface area (Å²) in [4.78, 5) is 11.3. The van der Waals surface area contributed by atoms with Crippen LogP contribution in [-0.2, 0) is 28.6 Å². The van der Waals surface area contributed by atoms with Crippen LogP contribution in [0.25, 0.3) is 10.9 Å². The van der Waals surface area contributed by atoms with E-state index in [0.717, 1.165) is 17.2 Å². The highest BCUT2D eigenvalue weighted by atomic mass is 127. The molecule has 2 aromatic rings. The average molecular weight is 504 g/mol. The number of halogens is 1. The van der Waals surface area contributed by atoms with Gasteiger partial charge in [0, 0.05) is 5.39 Å². The molecular formula is C12H13IN2O8S2. The van der Waals surface area contributed by atoms with Gasteiger partial charge in [-0.2, -0.15) is 26.6 Å².